The van der Waals surface area contributed by atoms with Gasteiger partial charge in [0.05, 0.1) is 23.0 Å². The quantitative estimate of drug-likeness (QED) is 0.544. The normalized spacial score (nSPS) is 11.3. The molecule has 1 aromatic heterocycles. The number of aromatic nitrogens is 2. The van der Waals surface area contributed by atoms with Crippen molar-refractivity contribution in [2.75, 3.05) is 7.11 Å². The molecule has 0 atom stereocenters. The Labute approximate surface area is 173 Å². The SMILES string of the molecule is COc1cc(C=Nc2c(C)n(C)n(-c3ccccc3)c2=O)c(Br)c(Br)c1O. The Hall–Kier alpha value is -2.32. The van der Waals surface area contributed by atoms with Crippen LogP contribution in [0, 0.1) is 6.92 Å². The lowest BCUT2D eigenvalue weighted by Crippen LogP contribution is -2.19. The molecule has 8 heteroatoms. The third kappa shape index (κ3) is 3.46. The summed E-state index contributed by atoms with van der Waals surface area (Å²) in [6.45, 7) is 1.84. The van der Waals surface area contributed by atoms with Crippen molar-refractivity contribution in [3.05, 3.63) is 67.0 Å². The Bertz CT molecular complexity index is 1090. The monoisotopic (exact) mass is 493 g/mol. The molecule has 0 aliphatic carbocycles. The predicted octanol–water partition coefficient (Wildman–Crippen LogP) is 4.47. The van der Waals surface area contributed by atoms with Crippen LogP contribution in [0.25, 0.3) is 5.69 Å². The van der Waals surface area contributed by atoms with Crippen molar-refractivity contribution in [1.82, 2.24) is 9.36 Å². The molecule has 140 valence electrons. The number of phenolic OH excluding ortho intramolecular Hbond substituents is 1. The summed E-state index contributed by atoms with van der Waals surface area (Å²) in [6, 6.07) is 11.0. The molecule has 0 amide bonds. The van der Waals surface area contributed by atoms with Gasteiger partial charge in [-0.3, -0.25) is 9.48 Å². The summed E-state index contributed by atoms with van der Waals surface area (Å²) >= 11 is 6.73. The molecular formula is C19H17Br2N3O3. The van der Waals surface area contributed by atoms with E-state index in [4.69, 9.17) is 4.74 Å². The average Bonchev–Trinajstić information content (AvgIpc) is 2.89. The summed E-state index contributed by atoms with van der Waals surface area (Å²) in [5.74, 6) is 0.293. The van der Waals surface area contributed by atoms with Crippen LogP contribution in [-0.2, 0) is 7.05 Å². The number of hydrogen-bond acceptors (Lipinski definition) is 4. The molecule has 0 saturated heterocycles. The van der Waals surface area contributed by atoms with E-state index in [-0.39, 0.29) is 11.3 Å². The molecule has 2 aromatic carbocycles. The van der Waals surface area contributed by atoms with Crippen LogP contribution >= 0.6 is 31.9 Å². The maximum absolute atomic E-state index is 12.9. The summed E-state index contributed by atoms with van der Waals surface area (Å²) < 4.78 is 9.58. The van der Waals surface area contributed by atoms with Crippen LogP contribution in [0.4, 0.5) is 5.69 Å². The molecule has 1 heterocycles. The molecule has 0 aliphatic heterocycles. The highest BCUT2D eigenvalue weighted by atomic mass is 79.9. The topological polar surface area (TPSA) is 68.8 Å². The minimum atomic E-state index is -0.210. The Balaban J connectivity index is 2.10. The number of aliphatic imine (C=N–C) groups is 1. The molecule has 3 aromatic rings. The van der Waals surface area contributed by atoms with Crippen LogP contribution in [0.3, 0.4) is 0 Å². The van der Waals surface area contributed by atoms with Gasteiger partial charge >= 0.3 is 0 Å². The van der Waals surface area contributed by atoms with E-state index in [1.54, 1.807) is 21.6 Å². The fourth-order valence-corrected chi connectivity index (χ4v) is 3.53. The highest BCUT2D eigenvalue weighted by Gasteiger charge is 2.17. The fourth-order valence-electron chi connectivity index (χ4n) is 2.70. The lowest BCUT2D eigenvalue weighted by molar-refractivity contribution is 0.371. The average molecular weight is 495 g/mol. The second-order valence-corrected chi connectivity index (χ2v) is 7.40. The number of benzene rings is 2. The number of ether oxygens (including phenoxy) is 1. The standard InChI is InChI=1S/C19H17Br2N3O3/c1-11-17(19(26)24(23(11)2)13-7-5-4-6-8-13)22-10-12-9-14(27-3)18(25)16(21)15(12)20/h4-10,25H,1-3H3. The molecule has 27 heavy (non-hydrogen) atoms. The third-order valence-electron chi connectivity index (χ3n) is 4.25. The molecule has 0 bridgehead atoms. The molecule has 0 fully saturated rings. The van der Waals surface area contributed by atoms with Crippen LogP contribution in [0.1, 0.15) is 11.3 Å². The van der Waals surface area contributed by atoms with E-state index in [1.807, 2.05) is 44.3 Å². The molecule has 0 saturated carbocycles. The zero-order valence-corrected chi connectivity index (χ0v) is 18.1. The zero-order chi connectivity index (χ0) is 19.7. The molecule has 0 unspecified atom stereocenters. The summed E-state index contributed by atoms with van der Waals surface area (Å²) in [4.78, 5) is 17.3. The van der Waals surface area contributed by atoms with E-state index < -0.39 is 0 Å². The van der Waals surface area contributed by atoms with Gasteiger partial charge in [-0.15, -0.1) is 0 Å². The van der Waals surface area contributed by atoms with Crippen molar-refractivity contribution in [1.29, 1.82) is 0 Å². The number of aromatic hydroxyl groups is 1. The van der Waals surface area contributed by atoms with Crippen LogP contribution in [0.5, 0.6) is 11.5 Å². The van der Waals surface area contributed by atoms with Crippen molar-refractivity contribution < 1.29 is 9.84 Å². The van der Waals surface area contributed by atoms with Crippen LogP contribution in [-0.4, -0.2) is 27.8 Å². The van der Waals surface area contributed by atoms with Gasteiger partial charge < -0.3 is 9.84 Å². The molecule has 0 radical (unpaired) electrons. The Morgan fingerprint density at radius 1 is 1.19 bits per heavy atom. The number of halogens is 2. The first-order chi connectivity index (χ1) is 12.9. The van der Waals surface area contributed by atoms with Crippen molar-refractivity contribution >= 4 is 43.8 Å². The number of hydrogen-bond donors (Lipinski definition) is 1. The van der Waals surface area contributed by atoms with E-state index in [2.05, 4.69) is 36.9 Å². The van der Waals surface area contributed by atoms with Gasteiger partial charge in [0.1, 0.15) is 0 Å². The van der Waals surface area contributed by atoms with Gasteiger partial charge in [-0.05, 0) is 57.0 Å². The molecule has 1 N–H and O–H groups in total. The number of nitrogens with zero attached hydrogens (tertiary/aromatic N) is 3. The summed E-state index contributed by atoms with van der Waals surface area (Å²) in [5.41, 5.74) is 2.30. The van der Waals surface area contributed by atoms with E-state index in [0.717, 1.165) is 11.4 Å². The minimum Gasteiger partial charge on any atom is -0.503 e. The number of methoxy groups -OCH3 is 1. The molecule has 6 nitrogen and oxygen atoms in total. The summed E-state index contributed by atoms with van der Waals surface area (Å²) in [5, 5.41) is 10.0. The van der Waals surface area contributed by atoms with Gasteiger partial charge in [0.2, 0.25) is 0 Å². The highest BCUT2D eigenvalue weighted by Crippen LogP contribution is 2.41. The Kier molecular flexibility index (Phi) is 5.57. The fraction of sp³-hybridized carbons (Fsp3) is 0.158. The lowest BCUT2D eigenvalue weighted by Gasteiger charge is -2.09. The summed E-state index contributed by atoms with van der Waals surface area (Å²) in [7, 11) is 3.29. The lowest BCUT2D eigenvalue weighted by atomic mass is 10.2. The smallest absolute Gasteiger partial charge is 0.297 e. The van der Waals surface area contributed by atoms with Crippen molar-refractivity contribution in [2.45, 2.75) is 6.92 Å². The highest BCUT2D eigenvalue weighted by molar-refractivity contribution is 9.13. The van der Waals surface area contributed by atoms with E-state index in [9.17, 15) is 9.90 Å². The van der Waals surface area contributed by atoms with Crippen molar-refractivity contribution in [3.63, 3.8) is 0 Å². The van der Waals surface area contributed by atoms with Gasteiger partial charge in [0.15, 0.2) is 17.2 Å². The van der Waals surface area contributed by atoms with Gasteiger partial charge in [-0.1, -0.05) is 18.2 Å². The molecular weight excluding hydrogens is 478 g/mol. The first-order valence-corrected chi connectivity index (χ1v) is 9.58. The van der Waals surface area contributed by atoms with E-state index in [1.165, 1.54) is 7.11 Å². The van der Waals surface area contributed by atoms with Gasteiger partial charge in [-0.2, -0.15) is 0 Å². The first kappa shape index (κ1) is 19.4. The maximum Gasteiger partial charge on any atom is 0.297 e. The van der Waals surface area contributed by atoms with Gasteiger partial charge in [0, 0.05) is 23.3 Å². The van der Waals surface area contributed by atoms with Crippen LogP contribution in [0.15, 0.2) is 55.1 Å². The number of rotatable bonds is 4. The van der Waals surface area contributed by atoms with Crippen molar-refractivity contribution in [2.24, 2.45) is 12.0 Å². The predicted molar refractivity (Wildman–Crippen MR) is 113 cm³/mol. The van der Waals surface area contributed by atoms with E-state index >= 15 is 0 Å². The van der Waals surface area contributed by atoms with Gasteiger partial charge in [0.25, 0.3) is 5.56 Å². The van der Waals surface area contributed by atoms with Gasteiger partial charge in [-0.25, -0.2) is 9.67 Å². The molecule has 0 spiro atoms. The second kappa shape index (κ2) is 7.74. The first-order valence-electron chi connectivity index (χ1n) is 7.99. The molecule has 0 aliphatic rings. The maximum atomic E-state index is 12.9. The van der Waals surface area contributed by atoms with Crippen molar-refractivity contribution in [3.8, 4) is 17.2 Å². The minimum absolute atomic E-state index is 0.0103. The largest absolute Gasteiger partial charge is 0.503 e. The number of phenols is 1. The number of para-hydroxylation sites is 1. The third-order valence-corrected chi connectivity index (χ3v) is 6.41. The molecule has 3 rings (SSSR count). The van der Waals surface area contributed by atoms with E-state index in [0.29, 0.717) is 25.9 Å². The second-order valence-electron chi connectivity index (χ2n) is 5.81. The Morgan fingerprint density at radius 3 is 2.48 bits per heavy atom. The zero-order valence-electron chi connectivity index (χ0n) is 14.9. The van der Waals surface area contributed by atoms with Crippen LogP contribution in [0.2, 0.25) is 0 Å². The summed E-state index contributed by atoms with van der Waals surface area (Å²) in [6.07, 6.45) is 1.57. The van der Waals surface area contributed by atoms with Crippen LogP contribution < -0.4 is 10.3 Å². The Morgan fingerprint density at radius 2 is 1.85 bits per heavy atom.